The summed E-state index contributed by atoms with van der Waals surface area (Å²) in [6.07, 6.45) is 1.44. The molecule has 0 saturated heterocycles. The molecule has 0 bridgehead atoms. The van der Waals surface area contributed by atoms with Crippen molar-refractivity contribution >= 4 is 11.8 Å². The molecular weight excluding hydrogens is 264 g/mol. The first-order valence-corrected chi connectivity index (χ1v) is 6.13. The molecule has 96 valence electrons. The predicted octanol–water partition coefficient (Wildman–Crippen LogP) is 2.52. The minimum atomic E-state index is -0.620. The van der Waals surface area contributed by atoms with Gasteiger partial charge in [0.25, 0.3) is 0 Å². The molecule has 0 radical (unpaired) electrons. The monoisotopic (exact) mass is 273 g/mol. The van der Waals surface area contributed by atoms with E-state index in [0.29, 0.717) is 11.5 Å². The lowest BCUT2D eigenvalue weighted by Crippen LogP contribution is -1.97. The molecule has 7 heteroatoms. The fraction of sp³-hybridized carbons (Fsp3) is 0.182. The molecule has 1 N–H and O–H groups in total. The van der Waals surface area contributed by atoms with Crippen LogP contribution in [0.25, 0.3) is 0 Å². The van der Waals surface area contributed by atoms with Crippen LogP contribution in [-0.2, 0) is 5.75 Å². The van der Waals surface area contributed by atoms with Crippen LogP contribution in [0, 0.1) is 11.6 Å². The second-order valence-corrected chi connectivity index (χ2v) is 4.26. The Morgan fingerprint density at radius 1 is 1.39 bits per heavy atom. The molecule has 0 saturated carbocycles. The van der Waals surface area contributed by atoms with Crippen LogP contribution >= 0.6 is 11.8 Å². The lowest BCUT2D eigenvalue weighted by atomic mass is 10.3. The Morgan fingerprint density at radius 2 is 2.22 bits per heavy atom. The minimum absolute atomic E-state index is 0.120. The SMILES string of the molecule is O=c1[nH]cc(CSCOc2cc(F)ccc2F)o1. The maximum Gasteiger partial charge on any atom is 0.416 e. The summed E-state index contributed by atoms with van der Waals surface area (Å²) >= 11 is 1.27. The number of halogens is 2. The van der Waals surface area contributed by atoms with Gasteiger partial charge in [0, 0.05) is 12.3 Å². The molecular formula is C11H9F2NO3S. The van der Waals surface area contributed by atoms with Crippen molar-refractivity contribution in [3.05, 3.63) is 52.3 Å². The first-order chi connectivity index (χ1) is 8.65. The van der Waals surface area contributed by atoms with E-state index in [-0.39, 0.29) is 11.7 Å². The first-order valence-electron chi connectivity index (χ1n) is 4.98. The van der Waals surface area contributed by atoms with Gasteiger partial charge in [0.1, 0.15) is 17.5 Å². The van der Waals surface area contributed by atoms with E-state index in [1.54, 1.807) is 0 Å². The number of H-pyrrole nitrogens is 1. The average Bonchev–Trinajstić information content (AvgIpc) is 2.75. The van der Waals surface area contributed by atoms with Crippen LogP contribution in [0.1, 0.15) is 5.76 Å². The van der Waals surface area contributed by atoms with Gasteiger partial charge >= 0.3 is 5.76 Å². The zero-order valence-corrected chi connectivity index (χ0v) is 9.93. The minimum Gasteiger partial charge on any atom is -0.480 e. The third-order valence-corrected chi connectivity index (χ3v) is 2.78. The standard InChI is InChI=1S/C11H9F2NO3S/c12-7-1-2-9(13)10(3-7)16-6-18-5-8-4-14-11(15)17-8/h1-4H,5-6H2,(H,14,15). The summed E-state index contributed by atoms with van der Waals surface area (Å²) < 4.78 is 35.8. The summed E-state index contributed by atoms with van der Waals surface area (Å²) in [5.74, 6) is -0.863. The molecule has 2 aromatic rings. The van der Waals surface area contributed by atoms with Gasteiger partial charge in [-0.2, -0.15) is 0 Å². The zero-order chi connectivity index (χ0) is 13.0. The normalized spacial score (nSPS) is 10.6. The molecule has 0 unspecified atom stereocenters. The van der Waals surface area contributed by atoms with Gasteiger partial charge in [0.2, 0.25) is 0 Å². The summed E-state index contributed by atoms with van der Waals surface area (Å²) in [4.78, 5) is 13.0. The molecule has 0 aliphatic carbocycles. The van der Waals surface area contributed by atoms with Crippen molar-refractivity contribution in [2.24, 2.45) is 0 Å². The van der Waals surface area contributed by atoms with Crippen LogP contribution in [0.4, 0.5) is 8.78 Å². The molecule has 1 aromatic carbocycles. The van der Waals surface area contributed by atoms with E-state index in [1.165, 1.54) is 18.0 Å². The van der Waals surface area contributed by atoms with E-state index in [9.17, 15) is 13.6 Å². The Balaban J connectivity index is 1.81. The van der Waals surface area contributed by atoms with Crippen LogP contribution in [0.3, 0.4) is 0 Å². The Hall–Kier alpha value is -1.76. The molecule has 0 amide bonds. The van der Waals surface area contributed by atoms with Crippen LogP contribution < -0.4 is 10.5 Å². The van der Waals surface area contributed by atoms with Crippen LogP contribution in [0.5, 0.6) is 5.75 Å². The highest BCUT2D eigenvalue weighted by atomic mass is 32.2. The Bertz CT molecular complexity index is 582. The van der Waals surface area contributed by atoms with Gasteiger partial charge in [-0.05, 0) is 12.1 Å². The molecule has 1 aromatic heterocycles. The summed E-state index contributed by atoms with van der Waals surface area (Å²) in [5.41, 5.74) is 0. The highest BCUT2D eigenvalue weighted by Gasteiger charge is 2.05. The fourth-order valence-corrected chi connectivity index (χ4v) is 1.86. The van der Waals surface area contributed by atoms with Gasteiger partial charge in [-0.3, -0.25) is 4.98 Å². The topological polar surface area (TPSA) is 55.2 Å². The highest BCUT2D eigenvalue weighted by molar-refractivity contribution is 7.98. The maximum atomic E-state index is 13.2. The zero-order valence-electron chi connectivity index (χ0n) is 9.11. The number of benzene rings is 1. The van der Waals surface area contributed by atoms with Gasteiger partial charge in [0.15, 0.2) is 11.6 Å². The van der Waals surface area contributed by atoms with Crippen molar-refractivity contribution < 1.29 is 17.9 Å². The van der Waals surface area contributed by atoms with Crippen LogP contribution in [0.2, 0.25) is 0 Å². The molecule has 0 spiro atoms. The molecule has 1 heterocycles. The molecule has 0 aliphatic rings. The first kappa shape index (κ1) is 12.7. The molecule has 18 heavy (non-hydrogen) atoms. The van der Waals surface area contributed by atoms with Crippen LogP contribution in [0.15, 0.2) is 33.6 Å². The molecule has 0 fully saturated rings. The molecule has 4 nitrogen and oxygen atoms in total. The molecule has 0 aliphatic heterocycles. The van der Waals surface area contributed by atoms with E-state index >= 15 is 0 Å². The molecule has 0 atom stereocenters. The lowest BCUT2D eigenvalue weighted by molar-refractivity contribution is 0.364. The second kappa shape index (κ2) is 5.72. The predicted molar refractivity (Wildman–Crippen MR) is 62.5 cm³/mol. The summed E-state index contributed by atoms with van der Waals surface area (Å²) in [5, 5.41) is 0. The third kappa shape index (κ3) is 3.36. The van der Waals surface area contributed by atoms with Gasteiger partial charge in [0.05, 0.1) is 5.75 Å². The van der Waals surface area contributed by atoms with E-state index < -0.39 is 17.4 Å². The lowest BCUT2D eigenvalue weighted by Gasteiger charge is -2.05. The number of nitrogens with one attached hydrogen (secondary N) is 1. The maximum absolute atomic E-state index is 13.2. The quantitative estimate of drug-likeness (QED) is 0.672. The number of aromatic nitrogens is 1. The van der Waals surface area contributed by atoms with Crippen molar-refractivity contribution in [2.45, 2.75) is 5.75 Å². The number of aromatic amines is 1. The second-order valence-electron chi connectivity index (χ2n) is 3.33. The highest BCUT2D eigenvalue weighted by Crippen LogP contribution is 2.20. The molecule has 2 rings (SSSR count). The van der Waals surface area contributed by atoms with Gasteiger partial charge in [-0.25, -0.2) is 13.6 Å². The van der Waals surface area contributed by atoms with Crippen molar-refractivity contribution in [3.8, 4) is 5.75 Å². The van der Waals surface area contributed by atoms with Crippen molar-refractivity contribution in [2.75, 3.05) is 5.94 Å². The van der Waals surface area contributed by atoms with E-state index in [2.05, 4.69) is 4.98 Å². The fourth-order valence-electron chi connectivity index (χ4n) is 1.22. The average molecular weight is 273 g/mol. The Labute approximate surface area is 105 Å². The summed E-state index contributed by atoms with van der Waals surface area (Å²) in [6.45, 7) is 0. The van der Waals surface area contributed by atoms with E-state index in [0.717, 1.165) is 18.2 Å². The number of oxazole rings is 1. The summed E-state index contributed by atoms with van der Waals surface area (Å²) in [7, 11) is 0. The van der Waals surface area contributed by atoms with Gasteiger partial charge in [-0.1, -0.05) is 0 Å². The van der Waals surface area contributed by atoms with Crippen molar-refractivity contribution in [1.82, 2.24) is 4.98 Å². The largest absolute Gasteiger partial charge is 0.480 e. The van der Waals surface area contributed by atoms with E-state index in [1.807, 2.05) is 0 Å². The van der Waals surface area contributed by atoms with Crippen LogP contribution in [-0.4, -0.2) is 10.9 Å². The van der Waals surface area contributed by atoms with E-state index in [4.69, 9.17) is 9.15 Å². The number of thioether (sulfide) groups is 1. The third-order valence-electron chi connectivity index (χ3n) is 2.01. The van der Waals surface area contributed by atoms with Crippen molar-refractivity contribution in [3.63, 3.8) is 0 Å². The van der Waals surface area contributed by atoms with Crippen molar-refractivity contribution in [1.29, 1.82) is 0 Å². The number of ether oxygens (including phenoxy) is 1. The van der Waals surface area contributed by atoms with Gasteiger partial charge < -0.3 is 9.15 Å². The number of rotatable bonds is 5. The smallest absolute Gasteiger partial charge is 0.416 e. The Kier molecular flexibility index (Phi) is 4.03. The summed E-state index contributed by atoms with van der Waals surface area (Å²) in [6, 6.07) is 3.00. The van der Waals surface area contributed by atoms with Gasteiger partial charge in [-0.15, -0.1) is 11.8 Å². The Morgan fingerprint density at radius 3 is 2.94 bits per heavy atom. The number of hydrogen-bond acceptors (Lipinski definition) is 4. The number of hydrogen-bond donors (Lipinski definition) is 1.